The summed E-state index contributed by atoms with van der Waals surface area (Å²) in [6, 6.07) is 9.24. The Labute approximate surface area is 123 Å². The summed E-state index contributed by atoms with van der Waals surface area (Å²) in [5, 5.41) is 4.98. The van der Waals surface area contributed by atoms with Crippen molar-refractivity contribution in [3.8, 4) is 0 Å². The number of carbonyl (C=O) groups excluding carboxylic acids is 1. The molecule has 1 saturated heterocycles. The van der Waals surface area contributed by atoms with E-state index in [9.17, 15) is 4.79 Å². The zero-order chi connectivity index (χ0) is 13.9. The fourth-order valence-electron chi connectivity index (χ4n) is 2.68. The van der Waals surface area contributed by atoms with Crippen LogP contribution in [0.2, 0.25) is 5.02 Å². The molecule has 1 aromatic heterocycles. The van der Waals surface area contributed by atoms with E-state index in [4.69, 9.17) is 11.6 Å². The van der Waals surface area contributed by atoms with Gasteiger partial charge >= 0.3 is 0 Å². The van der Waals surface area contributed by atoms with Crippen molar-refractivity contribution in [1.29, 1.82) is 0 Å². The Morgan fingerprint density at radius 1 is 1.35 bits per heavy atom. The third-order valence-corrected chi connectivity index (χ3v) is 4.11. The second-order valence-corrected chi connectivity index (χ2v) is 5.79. The molecule has 1 unspecified atom stereocenters. The second kappa shape index (κ2) is 5.90. The van der Waals surface area contributed by atoms with Gasteiger partial charge in [0.2, 0.25) is 0 Å². The molecule has 1 atom stereocenters. The van der Waals surface area contributed by atoms with E-state index in [0.717, 1.165) is 30.4 Å². The highest BCUT2D eigenvalue weighted by molar-refractivity contribution is 6.31. The Hall–Kier alpha value is -1.45. The molecule has 0 aliphatic carbocycles. The van der Waals surface area contributed by atoms with Crippen LogP contribution in [-0.2, 0) is 0 Å². The molecule has 0 radical (unpaired) electrons. The van der Waals surface area contributed by atoms with Gasteiger partial charge in [0, 0.05) is 16.8 Å². The maximum absolute atomic E-state index is 12.2. The van der Waals surface area contributed by atoms with Crippen molar-refractivity contribution in [2.75, 3.05) is 13.1 Å². The first-order valence-electron chi connectivity index (χ1n) is 7.02. The molecule has 3 rings (SSSR count). The number of Topliss-reactive ketones (excluding diaryl/α,β-unsaturated/α-hetero) is 1. The number of fused-ring (bicyclic) bond motifs is 1. The summed E-state index contributed by atoms with van der Waals surface area (Å²) in [5.41, 5.74) is 1.38. The SMILES string of the molecule is O=C(CCC1CCNC1)c1ccc2cc(Cl)ccc2n1. The molecule has 2 heterocycles. The molecule has 1 aliphatic heterocycles. The number of ketones is 1. The van der Waals surface area contributed by atoms with Gasteiger partial charge in [0.15, 0.2) is 5.78 Å². The minimum atomic E-state index is 0.133. The zero-order valence-electron chi connectivity index (χ0n) is 11.2. The number of pyridine rings is 1. The van der Waals surface area contributed by atoms with Crippen LogP contribution in [0.3, 0.4) is 0 Å². The van der Waals surface area contributed by atoms with Crippen molar-refractivity contribution in [1.82, 2.24) is 10.3 Å². The lowest BCUT2D eigenvalue weighted by molar-refractivity contribution is 0.0970. The Morgan fingerprint density at radius 2 is 2.25 bits per heavy atom. The molecule has 4 heteroatoms. The van der Waals surface area contributed by atoms with Crippen molar-refractivity contribution in [2.24, 2.45) is 5.92 Å². The number of hydrogen-bond acceptors (Lipinski definition) is 3. The van der Waals surface area contributed by atoms with Crippen LogP contribution in [0.15, 0.2) is 30.3 Å². The normalized spacial score (nSPS) is 18.6. The molecule has 1 aliphatic rings. The number of carbonyl (C=O) groups is 1. The summed E-state index contributed by atoms with van der Waals surface area (Å²) < 4.78 is 0. The third-order valence-electron chi connectivity index (χ3n) is 3.88. The monoisotopic (exact) mass is 288 g/mol. The number of nitrogens with one attached hydrogen (secondary N) is 1. The van der Waals surface area contributed by atoms with E-state index in [-0.39, 0.29) is 5.78 Å². The van der Waals surface area contributed by atoms with Gasteiger partial charge in [-0.3, -0.25) is 4.79 Å². The predicted octanol–water partition coefficient (Wildman–Crippen LogP) is 3.46. The van der Waals surface area contributed by atoms with Crippen LogP contribution in [0.1, 0.15) is 29.8 Å². The average Bonchev–Trinajstić information content (AvgIpc) is 2.97. The molecular weight excluding hydrogens is 272 g/mol. The number of hydrogen-bond donors (Lipinski definition) is 1. The van der Waals surface area contributed by atoms with Crippen LogP contribution in [0.25, 0.3) is 10.9 Å². The minimum absolute atomic E-state index is 0.133. The van der Waals surface area contributed by atoms with Crippen molar-refractivity contribution in [2.45, 2.75) is 19.3 Å². The van der Waals surface area contributed by atoms with Crippen LogP contribution in [0.4, 0.5) is 0 Å². The molecular formula is C16H17ClN2O. The van der Waals surface area contributed by atoms with Crippen LogP contribution in [0.5, 0.6) is 0 Å². The van der Waals surface area contributed by atoms with Crippen molar-refractivity contribution in [3.63, 3.8) is 0 Å². The molecule has 104 valence electrons. The highest BCUT2D eigenvalue weighted by atomic mass is 35.5. The number of rotatable bonds is 4. The fourth-order valence-corrected chi connectivity index (χ4v) is 2.86. The molecule has 0 saturated carbocycles. The maximum atomic E-state index is 12.2. The van der Waals surface area contributed by atoms with E-state index in [2.05, 4.69) is 10.3 Å². The second-order valence-electron chi connectivity index (χ2n) is 5.35. The average molecular weight is 289 g/mol. The first kappa shape index (κ1) is 13.5. The third kappa shape index (κ3) is 3.00. The predicted molar refractivity (Wildman–Crippen MR) is 81.3 cm³/mol. The molecule has 1 aromatic carbocycles. The van der Waals surface area contributed by atoms with Gasteiger partial charge in [0.25, 0.3) is 0 Å². The minimum Gasteiger partial charge on any atom is -0.316 e. The van der Waals surface area contributed by atoms with E-state index >= 15 is 0 Å². The van der Waals surface area contributed by atoms with Crippen LogP contribution in [-0.4, -0.2) is 23.9 Å². The van der Waals surface area contributed by atoms with Gasteiger partial charge < -0.3 is 5.32 Å². The number of halogens is 1. The largest absolute Gasteiger partial charge is 0.316 e. The van der Waals surface area contributed by atoms with Gasteiger partial charge in [0.05, 0.1) is 5.52 Å². The highest BCUT2D eigenvalue weighted by Gasteiger charge is 2.17. The number of aromatic nitrogens is 1. The van der Waals surface area contributed by atoms with Crippen LogP contribution >= 0.6 is 11.6 Å². The van der Waals surface area contributed by atoms with E-state index in [0.29, 0.717) is 23.1 Å². The summed E-state index contributed by atoms with van der Waals surface area (Å²) in [6.45, 7) is 2.12. The Bertz CT molecular complexity index is 635. The van der Waals surface area contributed by atoms with Gasteiger partial charge in [-0.05, 0) is 56.1 Å². The van der Waals surface area contributed by atoms with Crippen molar-refractivity contribution in [3.05, 3.63) is 41.0 Å². The van der Waals surface area contributed by atoms with Gasteiger partial charge in [0.1, 0.15) is 5.69 Å². The quantitative estimate of drug-likeness (QED) is 0.876. The van der Waals surface area contributed by atoms with Gasteiger partial charge in [-0.15, -0.1) is 0 Å². The number of nitrogens with zero attached hydrogens (tertiary/aromatic N) is 1. The molecule has 0 amide bonds. The summed E-state index contributed by atoms with van der Waals surface area (Å²) in [6.07, 6.45) is 2.71. The molecule has 1 N–H and O–H groups in total. The molecule has 20 heavy (non-hydrogen) atoms. The van der Waals surface area contributed by atoms with E-state index < -0.39 is 0 Å². The van der Waals surface area contributed by atoms with E-state index in [1.807, 2.05) is 18.2 Å². The lowest BCUT2D eigenvalue weighted by Gasteiger charge is -2.07. The Balaban J connectivity index is 1.72. The summed E-state index contributed by atoms with van der Waals surface area (Å²) in [4.78, 5) is 16.6. The molecule has 3 nitrogen and oxygen atoms in total. The van der Waals surface area contributed by atoms with Crippen LogP contribution in [0, 0.1) is 5.92 Å². The summed E-state index contributed by atoms with van der Waals surface area (Å²) in [7, 11) is 0. The topological polar surface area (TPSA) is 42.0 Å². The van der Waals surface area contributed by atoms with Crippen molar-refractivity contribution >= 4 is 28.3 Å². The molecule has 2 aromatic rings. The smallest absolute Gasteiger partial charge is 0.181 e. The first-order valence-corrected chi connectivity index (χ1v) is 7.40. The van der Waals surface area contributed by atoms with Gasteiger partial charge in [-0.1, -0.05) is 17.7 Å². The van der Waals surface area contributed by atoms with E-state index in [1.165, 1.54) is 6.42 Å². The summed E-state index contributed by atoms with van der Waals surface area (Å²) >= 11 is 5.94. The standard InChI is InChI=1S/C16H17ClN2O/c17-13-3-5-14-12(9-13)2-4-15(19-14)16(20)6-1-11-7-8-18-10-11/h2-5,9,11,18H,1,6-8,10H2. The van der Waals surface area contributed by atoms with Crippen LogP contribution < -0.4 is 5.32 Å². The highest BCUT2D eigenvalue weighted by Crippen LogP contribution is 2.20. The lowest BCUT2D eigenvalue weighted by Crippen LogP contribution is -2.11. The molecule has 0 spiro atoms. The van der Waals surface area contributed by atoms with Gasteiger partial charge in [-0.2, -0.15) is 0 Å². The summed E-state index contributed by atoms with van der Waals surface area (Å²) in [5.74, 6) is 0.770. The first-order chi connectivity index (χ1) is 9.72. The number of benzene rings is 1. The van der Waals surface area contributed by atoms with E-state index in [1.54, 1.807) is 12.1 Å². The fraction of sp³-hybridized carbons (Fsp3) is 0.375. The zero-order valence-corrected chi connectivity index (χ0v) is 12.0. The maximum Gasteiger partial charge on any atom is 0.181 e. The Morgan fingerprint density at radius 3 is 3.05 bits per heavy atom. The lowest BCUT2D eigenvalue weighted by atomic mass is 9.99. The molecule has 1 fully saturated rings. The molecule has 0 bridgehead atoms. The Kier molecular flexibility index (Phi) is 3.99. The van der Waals surface area contributed by atoms with Crippen molar-refractivity contribution < 1.29 is 4.79 Å². The van der Waals surface area contributed by atoms with Gasteiger partial charge in [-0.25, -0.2) is 4.98 Å².